The fourth-order valence-corrected chi connectivity index (χ4v) is 2.48. The number of hydrogen-bond acceptors (Lipinski definition) is 1. The predicted octanol–water partition coefficient (Wildman–Crippen LogP) is 4.83. The number of aliphatic hydroxyl groups excluding tert-OH is 1. The van der Waals surface area contributed by atoms with Gasteiger partial charge >= 0.3 is 6.18 Å². The van der Waals surface area contributed by atoms with Gasteiger partial charge in [-0.25, -0.2) is 0 Å². The third-order valence-corrected chi connectivity index (χ3v) is 3.98. The normalized spacial score (nSPS) is 15.1. The summed E-state index contributed by atoms with van der Waals surface area (Å²) in [6.07, 6.45) is -0.221. The van der Waals surface area contributed by atoms with Crippen molar-refractivity contribution in [1.82, 2.24) is 0 Å². The van der Waals surface area contributed by atoms with Gasteiger partial charge in [-0.05, 0) is 36.3 Å². The molecule has 20 heavy (non-hydrogen) atoms. The van der Waals surface area contributed by atoms with Crippen LogP contribution in [0.15, 0.2) is 24.3 Å². The molecule has 0 heterocycles. The maximum Gasteiger partial charge on any atom is 0.416 e. The van der Waals surface area contributed by atoms with Crippen LogP contribution >= 0.6 is 0 Å². The minimum Gasteiger partial charge on any atom is -0.396 e. The molecule has 1 aromatic rings. The van der Waals surface area contributed by atoms with Crippen molar-refractivity contribution in [3.8, 4) is 0 Å². The monoisotopic (exact) mass is 288 g/mol. The van der Waals surface area contributed by atoms with Crippen LogP contribution in [0.1, 0.15) is 50.7 Å². The summed E-state index contributed by atoms with van der Waals surface area (Å²) in [5.41, 5.74) is -0.277. The fourth-order valence-electron chi connectivity index (χ4n) is 2.48. The van der Waals surface area contributed by atoms with Crippen LogP contribution in [0.3, 0.4) is 0 Å². The van der Waals surface area contributed by atoms with Gasteiger partial charge in [0.1, 0.15) is 0 Å². The zero-order valence-corrected chi connectivity index (χ0v) is 12.1. The molecule has 0 spiro atoms. The molecule has 1 nitrogen and oxygen atoms in total. The topological polar surface area (TPSA) is 20.2 Å². The summed E-state index contributed by atoms with van der Waals surface area (Å²) in [6, 6.07) is 5.44. The molecule has 0 aromatic heterocycles. The second-order valence-electron chi connectivity index (χ2n) is 5.49. The first kappa shape index (κ1) is 17.0. The van der Waals surface area contributed by atoms with E-state index in [4.69, 9.17) is 0 Å². The molecular weight excluding hydrogens is 265 g/mol. The van der Waals surface area contributed by atoms with E-state index in [9.17, 15) is 18.3 Å². The van der Waals surface area contributed by atoms with Crippen molar-refractivity contribution in [1.29, 1.82) is 0 Å². The third kappa shape index (κ3) is 4.51. The first-order valence-electron chi connectivity index (χ1n) is 7.14. The van der Waals surface area contributed by atoms with Gasteiger partial charge in [0.15, 0.2) is 0 Å². The van der Waals surface area contributed by atoms with E-state index < -0.39 is 11.7 Å². The Hall–Kier alpha value is -1.03. The average molecular weight is 288 g/mol. The molecule has 0 radical (unpaired) electrons. The number of hydrogen-bond donors (Lipinski definition) is 1. The molecule has 0 aliphatic rings. The summed E-state index contributed by atoms with van der Waals surface area (Å²) in [5, 5.41) is 9.67. The van der Waals surface area contributed by atoms with Crippen molar-refractivity contribution < 1.29 is 18.3 Å². The van der Waals surface area contributed by atoms with Crippen LogP contribution in [0, 0.1) is 5.41 Å². The Morgan fingerprint density at radius 3 is 2.35 bits per heavy atom. The molecule has 0 amide bonds. The second kappa shape index (κ2) is 7.11. The van der Waals surface area contributed by atoms with Crippen molar-refractivity contribution in [2.45, 2.75) is 52.1 Å². The summed E-state index contributed by atoms with van der Waals surface area (Å²) in [5.74, 6) is 0. The fraction of sp³-hybridized carbons (Fsp3) is 0.625. The number of aliphatic hydroxyl groups is 1. The lowest BCUT2D eigenvalue weighted by molar-refractivity contribution is -0.137. The van der Waals surface area contributed by atoms with E-state index in [0.717, 1.165) is 31.7 Å². The van der Waals surface area contributed by atoms with Crippen LogP contribution in [0.2, 0.25) is 0 Å². The molecule has 0 saturated heterocycles. The van der Waals surface area contributed by atoms with Gasteiger partial charge in [-0.2, -0.15) is 13.2 Å². The Balaban J connectivity index is 2.94. The van der Waals surface area contributed by atoms with Crippen LogP contribution < -0.4 is 0 Å². The van der Waals surface area contributed by atoms with Gasteiger partial charge in [0.25, 0.3) is 0 Å². The molecule has 1 rings (SSSR count). The number of unbranched alkanes of at least 4 members (excludes halogenated alkanes) is 1. The summed E-state index contributed by atoms with van der Waals surface area (Å²) < 4.78 is 38.2. The third-order valence-electron chi connectivity index (χ3n) is 3.98. The Kier molecular flexibility index (Phi) is 6.06. The van der Waals surface area contributed by atoms with E-state index in [2.05, 4.69) is 6.92 Å². The van der Waals surface area contributed by atoms with Gasteiger partial charge in [-0.1, -0.05) is 44.9 Å². The van der Waals surface area contributed by atoms with Crippen molar-refractivity contribution >= 4 is 0 Å². The van der Waals surface area contributed by atoms with Crippen LogP contribution in [0.25, 0.3) is 0 Å². The average Bonchev–Trinajstić information content (AvgIpc) is 2.43. The van der Waals surface area contributed by atoms with Crippen molar-refractivity contribution in [3.63, 3.8) is 0 Å². The Bertz CT molecular complexity index is 408. The zero-order valence-electron chi connectivity index (χ0n) is 12.1. The predicted molar refractivity (Wildman–Crippen MR) is 74.5 cm³/mol. The van der Waals surface area contributed by atoms with Gasteiger partial charge in [0, 0.05) is 6.61 Å². The Morgan fingerprint density at radius 1 is 1.15 bits per heavy atom. The largest absolute Gasteiger partial charge is 0.416 e. The van der Waals surface area contributed by atoms with Crippen LogP contribution in [-0.4, -0.2) is 11.7 Å². The molecule has 1 unspecified atom stereocenters. The van der Waals surface area contributed by atoms with E-state index >= 15 is 0 Å². The standard InChI is InChI=1S/C16H23F3O/c1-3-5-9-15(4-2,12-20)11-13-7-6-8-14(10-13)16(17,18)19/h6-8,10,20H,3-5,9,11-12H2,1-2H3. The molecule has 1 N–H and O–H groups in total. The molecule has 4 heteroatoms. The Morgan fingerprint density at radius 2 is 1.85 bits per heavy atom. The van der Waals surface area contributed by atoms with Crippen molar-refractivity contribution in [2.24, 2.45) is 5.41 Å². The zero-order chi connectivity index (χ0) is 15.2. The molecule has 0 bridgehead atoms. The second-order valence-corrected chi connectivity index (χ2v) is 5.49. The van der Waals surface area contributed by atoms with Crippen LogP contribution in [0.5, 0.6) is 0 Å². The lowest BCUT2D eigenvalue weighted by Gasteiger charge is -2.31. The Labute approximate surface area is 118 Å². The quantitative estimate of drug-likeness (QED) is 0.762. The maximum absolute atomic E-state index is 12.7. The summed E-state index contributed by atoms with van der Waals surface area (Å²) in [6.45, 7) is 4.07. The van der Waals surface area contributed by atoms with Crippen LogP contribution in [0.4, 0.5) is 13.2 Å². The lowest BCUT2D eigenvalue weighted by Crippen LogP contribution is -2.27. The van der Waals surface area contributed by atoms with E-state index in [0.29, 0.717) is 12.0 Å². The minimum atomic E-state index is -4.31. The van der Waals surface area contributed by atoms with E-state index in [1.807, 2.05) is 6.92 Å². The highest BCUT2D eigenvalue weighted by atomic mass is 19.4. The number of halogens is 3. The van der Waals surface area contributed by atoms with Gasteiger partial charge in [0.05, 0.1) is 5.56 Å². The first-order valence-corrected chi connectivity index (χ1v) is 7.14. The molecule has 1 aromatic carbocycles. The lowest BCUT2D eigenvalue weighted by atomic mass is 9.76. The SMILES string of the molecule is CCCCC(CC)(CO)Cc1cccc(C(F)(F)F)c1. The number of alkyl halides is 3. The van der Waals surface area contributed by atoms with E-state index in [-0.39, 0.29) is 12.0 Å². The van der Waals surface area contributed by atoms with Gasteiger partial charge in [-0.15, -0.1) is 0 Å². The highest BCUT2D eigenvalue weighted by molar-refractivity contribution is 5.26. The summed E-state index contributed by atoms with van der Waals surface area (Å²) in [7, 11) is 0. The number of rotatable bonds is 7. The van der Waals surface area contributed by atoms with E-state index in [1.165, 1.54) is 12.1 Å². The molecule has 0 saturated carbocycles. The molecule has 0 fully saturated rings. The highest BCUT2D eigenvalue weighted by Crippen LogP contribution is 2.35. The molecule has 114 valence electrons. The summed E-state index contributed by atoms with van der Waals surface area (Å²) in [4.78, 5) is 0. The molecule has 1 atom stereocenters. The van der Waals surface area contributed by atoms with Gasteiger partial charge < -0.3 is 5.11 Å². The number of benzene rings is 1. The molecule has 0 aliphatic heterocycles. The summed E-state index contributed by atoms with van der Waals surface area (Å²) >= 11 is 0. The van der Waals surface area contributed by atoms with Gasteiger partial charge in [0.2, 0.25) is 0 Å². The van der Waals surface area contributed by atoms with Crippen molar-refractivity contribution in [2.75, 3.05) is 6.61 Å². The van der Waals surface area contributed by atoms with Crippen LogP contribution in [-0.2, 0) is 12.6 Å². The smallest absolute Gasteiger partial charge is 0.396 e. The first-order chi connectivity index (χ1) is 9.37. The maximum atomic E-state index is 12.7. The highest BCUT2D eigenvalue weighted by Gasteiger charge is 2.32. The van der Waals surface area contributed by atoms with E-state index in [1.54, 1.807) is 6.07 Å². The molecular formula is C16H23F3O. The van der Waals surface area contributed by atoms with Gasteiger partial charge in [-0.3, -0.25) is 0 Å². The van der Waals surface area contributed by atoms with Crippen molar-refractivity contribution in [3.05, 3.63) is 35.4 Å². The minimum absolute atomic E-state index is 0.0136. The molecule has 0 aliphatic carbocycles.